The maximum absolute atomic E-state index is 10.7. The number of nitrogen functional groups attached to an aromatic ring is 1. The molecule has 1 heterocycles. The van der Waals surface area contributed by atoms with Gasteiger partial charge in [0, 0.05) is 5.69 Å². The number of aromatic carboxylic acids is 1. The van der Waals surface area contributed by atoms with Gasteiger partial charge in [-0.15, -0.1) is 0 Å². The number of carboxylic acid groups (broad SMARTS) is 1. The average Bonchev–Trinajstić information content (AvgIpc) is 2.48. The van der Waals surface area contributed by atoms with Crippen molar-refractivity contribution in [3.05, 3.63) is 21.4 Å². The van der Waals surface area contributed by atoms with Gasteiger partial charge in [0.1, 0.15) is 3.70 Å². The molecule has 2 rings (SSSR count). The van der Waals surface area contributed by atoms with Gasteiger partial charge in [-0.25, -0.2) is 4.79 Å². The van der Waals surface area contributed by atoms with Crippen LogP contribution in [0.2, 0.25) is 0 Å². The molecule has 0 spiro atoms. The Morgan fingerprint density at radius 1 is 1.57 bits per heavy atom. The van der Waals surface area contributed by atoms with Crippen LogP contribution in [0.4, 0.5) is 5.69 Å². The van der Waals surface area contributed by atoms with Gasteiger partial charge in [0.25, 0.3) is 0 Å². The fourth-order valence-corrected chi connectivity index (χ4v) is 1.97. The zero-order valence-corrected chi connectivity index (χ0v) is 9.07. The van der Waals surface area contributed by atoms with Crippen molar-refractivity contribution in [1.82, 2.24) is 10.2 Å². The minimum Gasteiger partial charge on any atom is -0.478 e. The second-order valence-corrected chi connectivity index (χ2v) is 3.88. The average molecular weight is 303 g/mol. The molecule has 0 bridgehead atoms. The van der Waals surface area contributed by atoms with Gasteiger partial charge >= 0.3 is 5.97 Å². The second-order valence-electron chi connectivity index (χ2n) is 2.80. The number of rotatable bonds is 1. The number of carboxylic acids is 1. The Bertz CT molecular complexity index is 521. The van der Waals surface area contributed by atoms with Crippen molar-refractivity contribution in [2.24, 2.45) is 0 Å². The minimum atomic E-state index is -1.00. The molecule has 14 heavy (non-hydrogen) atoms. The third kappa shape index (κ3) is 1.31. The summed E-state index contributed by atoms with van der Waals surface area (Å²) in [6.07, 6.45) is 0. The molecule has 0 saturated carbocycles. The highest BCUT2D eigenvalue weighted by Gasteiger charge is 2.11. The predicted octanol–water partition coefficient (Wildman–Crippen LogP) is 1.45. The van der Waals surface area contributed by atoms with Crippen molar-refractivity contribution in [3.8, 4) is 0 Å². The van der Waals surface area contributed by atoms with Gasteiger partial charge in [-0.2, -0.15) is 5.10 Å². The molecule has 0 unspecified atom stereocenters. The summed E-state index contributed by atoms with van der Waals surface area (Å²) in [6, 6.07) is 2.93. The molecular weight excluding hydrogens is 297 g/mol. The van der Waals surface area contributed by atoms with Crippen LogP contribution >= 0.6 is 22.6 Å². The molecule has 72 valence electrons. The van der Waals surface area contributed by atoms with Crippen molar-refractivity contribution in [2.75, 3.05) is 5.73 Å². The molecule has 0 amide bonds. The number of hydrogen-bond donors (Lipinski definition) is 3. The quantitative estimate of drug-likeness (QED) is 0.549. The van der Waals surface area contributed by atoms with Gasteiger partial charge in [0.05, 0.1) is 16.5 Å². The number of fused-ring (bicyclic) bond motifs is 1. The fourth-order valence-electron chi connectivity index (χ4n) is 1.26. The first kappa shape index (κ1) is 9.25. The second kappa shape index (κ2) is 3.12. The monoisotopic (exact) mass is 303 g/mol. The molecule has 4 N–H and O–H groups in total. The van der Waals surface area contributed by atoms with Crippen LogP contribution in [0.5, 0.6) is 0 Å². The number of anilines is 1. The third-order valence-electron chi connectivity index (χ3n) is 1.89. The first-order chi connectivity index (χ1) is 6.59. The van der Waals surface area contributed by atoms with Crippen LogP contribution in [-0.2, 0) is 0 Å². The van der Waals surface area contributed by atoms with Gasteiger partial charge in [0.15, 0.2) is 0 Å². The molecule has 0 saturated heterocycles. The van der Waals surface area contributed by atoms with E-state index < -0.39 is 5.97 Å². The van der Waals surface area contributed by atoms with Crippen molar-refractivity contribution < 1.29 is 9.90 Å². The molecule has 0 aliphatic carbocycles. The standard InChI is InChI=1S/C8H6IN3O2/c9-7-6-4(10)1-3(8(13)14)2-5(6)11-12-7/h1-2H,10H2,(H,11,12)(H,13,14). The molecule has 0 aliphatic heterocycles. The summed E-state index contributed by atoms with van der Waals surface area (Å²) >= 11 is 2.06. The summed E-state index contributed by atoms with van der Waals surface area (Å²) in [4.78, 5) is 10.7. The number of benzene rings is 1. The van der Waals surface area contributed by atoms with Crippen LogP contribution < -0.4 is 5.73 Å². The molecular formula is C8H6IN3O2. The van der Waals surface area contributed by atoms with Crippen molar-refractivity contribution >= 4 is 45.2 Å². The molecule has 6 heteroatoms. The Morgan fingerprint density at radius 2 is 2.29 bits per heavy atom. The number of H-pyrrole nitrogens is 1. The number of aromatic amines is 1. The highest BCUT2D eigenvalue weighted by atomic mass is 127. The summed E-state index contributed by atoms with van der Waals surface area (Å²) in [5.41, 5.74) is 6.87. The Hall–Kier alpha value is -1.31. The van der Waals surface area contributed by atoms with E-state index in [0.29, 0.717) is 11.2 Å². The molecule has 0 fully saturated rings. The van der Waals surface area contributed by atoms with E-state index in [9.17, 15) is 4.79 Å². The van der Waals surface area contributed by atoms with E-state index >= 15 is 0 Å². The third-order valence-corrected chi connectivity index (χ3v) is 2.67. The number of nitrogens with zero attached hydrogens (tertiary/aromatic N) is 1. The van der Waals surface area contributed by atoms with Crippen molar-refractivity contribution in [1.29, 1.82) is 0 Å². The first-order valence-electron chi connectivity index (χ1n) is 3.76. The fraction of sp³-hybridized carbons (Fsp3) is 0. The predicted molar refractivity (Wildman–Crippen MR) is 60.2 cm³/mol. The van der Waals surface area contributed by atoms with E-state index in [2.05, 4.69) is 32.8 Å². The van der Waals surface area contributed by atoms with E-state index in [-0.39, 0.29) is 5.56 Å². The molecule has 0 atom stereocenters. The van der Waals surface area contributed by atoms with Gasteiger partial charge in [0.2, 0.25) is 0 Å². The lowest BCUT2D eigenvalue weighted by Gasteiger charge is -1.98. The molecule has 1 aromatic heterocycles. The van der Waals surface area contributed by atoms with Crippen LogP contribution in [0.15, 0.2) is 12.1 Å². The maximum atomic E-state index is 10.7. The summed E-state index contributed by atoms with van der Waals surface area (Å²) in [6.45, 7) is 0. The number of hydrogen-bond acceptors (Lipinski definition) is 3. The number of aromatic nitrogens is 2. The van der Waals surface area contributed by atoms with Gasteiger partial charge in [-0.3, -0.25) is 5.10 Å². The molecule has 1 aromatic carbocycles. The summed E-state index contributed by atoms with van der Waals surface area (Å²) in [5.74, 6) is -1.00. The highest BCUT2D eigenvalue weighted by Crippen LogP contribution is 2.25. The van der Waals surface area contributed by atoms with E-state index in [0.717, 1.165) is 9.09 Å². The zero-order valence-electron chi connectivity index (χ0n) is 6.91. The number of halogens is 1. The van der Waals surface area contributed by atoms with E-state index in [1.807, 2.05) is 0 Å². The lowest BCUT2D eigenvalue weighted by molar-refractivity contribution is 0.0697. The lowest BCUT2D eigenvalue weighted by atomic mass is 10.1. The topological polar surface area (TPSA) is 92.0 Å². The minimum absolute atomic E-state index is 0.151. The van der Waals surface area contributed by atoms with Crippen molar-refractivity contribution in [2.45, 2.75) is 0 Å². The summed E-state index contributed by atoms with van der Waals surface area (Å²) in [7, 11) is 0. The van der Waals surface area contributed by atoms with Gasteiger partial charge in [-0.1, -0.05) is 0 Å². The molecule has 0 radical (unpaired) electrons. The molecule has 0 aliphatic rings. The molecule has 5 nitrogen and oxygen atoms in total. The Morgan fingerprint density at radius 3 is 2.93 bits per heavy atom. The van der Waals surface area contributed by atoms with Gasteiger partial charge < -0.3 is 10.8 Å². The largest absolute Gasteiger partial charge is 0.478 e. The summed E-state index contributed by atoms with van der Waals surface area (Å²) in [5, 5.41) is 16.2. The van der Waals surface area contributed by atoms with Crippen LogP contribution in [0, 0.1) is 3.70 Å². The van der Waals surface area contributed by atoms with E-state index in [1.54, 1.807) is 0 Å². The van der Waals surface area contributed by atoms with Crippen LogP contribution in [0.3, 0.4) is 0 Å². The number of carbonyl (C=O) groups is 1. The van der Waals surface area contributed by atoms with E-state index in [4.69, 9.17) is 10.8 Å². The molecule has 2 aromatic rings. The van der Waals surface area contributed by atoms with Crippen LogP contribution in [-0.4, -0.2) is 21.3 Å². The summed E-state index contributed by atoms with van der Waals surface area (Å²) < 4.78 is 0.812. The lowest BCUT2D eigenvalue weighted by Crippen LogP contribution is -1.98. The Kier molecular flexibility index (Phi) is 2.06. The van der Waals surface area contributed by atoms with E-state index in [1.165, 1.54) is 12.1 Å². The number of nitrogens with two attached hydrogens (primary N) is 1. The smallest absolute Gasteiger partial charge is 0.335 e. The first-order valence-corrected chi connectivity index (χ1v) is 4.84. The van der Waals surface area contributed by atoms with Gasteiger partial charge in [-0.05, 0) is 34.7 Å². The number of nitrogens with one attached hydrogen (secondary N) is 1. The van der Waals surface area contributed by atoms with Crippen LogP contribution in [0.25, 0.3) is 10.9 Å². The van der Waals surface area contributed by atoms with Crippen molar-refractivity contribution in [3.63, 3.8) is 0 Å². The highest BCUT2D eigenvalue weighted by molar-refractivity contribution is 14.1. The maximum Gasteiger partial charge on any atom is 0.335 e. The Balaban J connectivity index is 2.80. The normalized spacial score (nSPS) is 10.6. The van der Waals surface area contributed by atoms with Crippen LogP contribution in [0.1, 0.15) is 10.4 Å². The Labute approximate surface area is 92.4 Å². The SMILES string of the molecule is Nc1cc(C(=O)O)cc2n[nH]c(I)c12. The zero-order chi connectivity index (χ0) is 10.3.